The fourth-order valence-corrected chi connectivity index (χ4v) is 2.96. The third kappa shape index (κ3) is 8.13. The van der Waals surface area contributed by atoms with E-state index >= 15 is 0 Å². The van der Waals surface area contributed by atoms with E-state index in [1.807, 2.05) is 0 Å². The first-order valence-corrected chi connectivity index (χ1v) is 9.26. The molecule has 5 N–H and O–H groups in total. The maximum Gasteiger partial charge on any atom is 0.416 e. The summed E-state index contributed by atoms with van der Waals surface area (Å²) >= 11 is 0. The van der Waals surface area contributed by atoms with Crippen LogP contribution in [-0.2, 0) is 27.0 Å². The summed E-state index contributed by atoms with van der Waals surface area (Å²) in [6, 6.07) is 3.86. The van der Waals surface area contributed by atoms with E-state index in [4.69, 9.17) is 11.5 Å². The maximum absolute atomic E-state index is 12.6. The van der Waals surface area contributed by atoms with Crippen molar-refractivity contribution < 1.29 is 27.6 Å². The van der Waals surface area contributed by atoms with E-state index in [9.17, 15) is 27.6 Å². The van der Waals surface area contributed by atoms with Crippen LogP contribution in [0.3, 0.4) is 0 Å². The van der Waals surface area contributed by atoms with Crippen molar-refractivity contribution in [2.45, 2.75) is 58.7 Å². The van der Waals surface area contributed by atoms with Gasteiger partial charge in [-0.15, -0.1) is 0 Å². The van der Waals surface area contributed by atoms with Gasteiger partial charge in [0.1, 0.15) is 6.04 Å². The van der Waals surface area contributed by atoms with Gasteiger partial charge in [-0.3, -0.25) is 14.4 Å². The Balaban J connectivity index is 2.75. The first-order chi connectivity index (χ1) is 13.2. The third-order valence-corrected chi connectivity index (χ3v) is 4.55. The summed E-state index contributed by atoms with van der Waals surface area (Å²) in [5.74, 6) is -2.61. The molecule has 0 saturated heterocycles. The van der Waals surface area contributed by atoms with E-state index in [1.54, 1.807) is 20.8 Å². The van der Waals surface area contributed by atoms with Crippen molar-refractivity contribution in [1.29, 1.82) is 0 Å². The number of nitrogens with one attached hydrogen (secondary N) is 1. The number of alkyl halides is 3. The van der Waals surface area contributed by atoms with Crippen molar-refractivity contribution in [3.63, 3.8) is 0 Å². The van der Waals surface area contributed by atoms with Gasteiger partial charge in [-0.2, -0.15) is 13.2 Å². The highest BCUT2D eigenvalue weighted by Gasteiger charge is 2.33. The van der Waals surface area contributed by atoms with Gasteiger partial charge < -0.3 is 16.8 Å². The van der Waals surface area contributed by atoms with Crippen LogP contribution in [-0.4, -0.2) is 23.8 Å². The third-order valence-electron chi connectivity index (χ3n) is 4.55. The van der Waals surface area contributed by atoms with Crippen LogP contribution in [0.15, 0.2) is 24.3 Å². The van der Waals surface area contributed by atoms with Crippen LogP contribution in [0.4, 0.5) is 13.2 Å². The molecule has 9 heteroatoms. The van der Waals surface area contributed by atoms with E-state index in [0.29, 0.717) is 18.4 Å². The fraction of sp³-hybridized carbons (Fsp3) is 0.550. The highest BCUT2D eigenvalue weighted by molar-refractivity contribution is 5.90. The number of primary amides is 2. The van der Waals surface area contributed by atoms with Gasteiger partial charge in [0.25, 0.3) is 0 Å². The molecule has 1 aromatic carbocycles. The SMILES string of the molecule is CC(C)(C)[C@H](NC(=O)[C@H](CCCc1ccc(C(F)(F)F)cc1)CC(N)=O)C(N)=O. The molecule has 3 amide bonds. The van der Waals surface area contributed by atoms with Crippen LogP contribution in [0.2, 0.25) is 0 Å². The minimum atomic E-state index is -4.40. The molecule has 1 rings (SSSR count). The van der Waals surface area contributed by atoms with Gasteiger partial charge in [-0.25, -0.2) is 0 Å². The number of rotatable bonds is 9. The monoisotopic (exact) mass is 415 g/mol. The summed E-state index contributed by atoms with van der Waals surface area (Å²) in [4.78, 5) is 35.6. The van der Waals surface area contributed by atoms with Crippen molar-refractivity contribution in [2.75, 3.05) is 0 Å². The van der Waals surface area contributed by atoms with Gasteiger partial charge in [0.2, 0.25) is 17.7 Å². The number of carbonyl (C=O) groups is 3. The molecule has 1 aromatic rings. The highest BCUT2D eigenvalue weighted by Crippen LogP contribution is 2.29. The molecule has 29 heavy (non-hydrogen) atoms. The largest absolute Gasteiger partial charge is 0.416 e. The molecule has 2 atom stereocenters. The minimum absolute atomic E-state index is 0.200. The van der Waals surface area contributed by atoms with Crippen molar-refractivity contribution in [3.05, 3.63) is 35.4 Å². The average Bonchev–Trinajstić information content (AvgIpc) is 2.56. The number of nitrogens with two attached hydrogens (primary N) is 2. The molecule has 0 aliphatic heterocycles. The average molecular weight is 415 g/mol. The van der Waals surface area contributed by atoms with E-state index in [1.165, 1.54) is 12.1 Å². The van der Waals surface area contributed by atoms with Crippen LogP contribution >= 0.6 is 0 Å². The predicted octanol–water partition coefficient (Wildman–Crippen LogP) is 2.54. The summed E-state index contributed by atoms with van der Waals surface area (Å²) in [5.41, 5.74) is 9.94. The molecule has 6 nitrogen and oxygen atoms in total. The predicted molar refractivity (Wildman–Crippen MR) is 102 cm³/mol. The number of benzene rings is 1. The Kier molecular flexibility index (Phi) is 8.23. The van der Waals surface area contributed by atoms with Crippen LogP contribution in [0, 0.1) is 11.3 Å². The molecule has 0 unspecified atom stereocenters. The van der Waals surface area contributed by atoms with Gasteiger partial charge in [-0.05, 0) is 42.4 Å². The van der Waals surface area contributed by atoms with Gasteiger partial charge >= 0.3 is 6.18 Å². The summed E-state index contributed by atoms with van der Waals surface area (Å²) in [6.07, 6.45) is -3.43. The lowest BCUT2D eigenvalue weighted by Crippen LogP contribution is -2.53. The standard InChI is InChI=1S/C20H28F3N3O3/c1-19(2,3)16(17(25)28)26-18(29)13(11-15(24)27)6-4-5-12-7-9-14(10-8-12)20(21,22)23/h7-10,13,16H,4-6,11H2,1-3H3,(H2,24,27)(H2,25,28)(H,26,29)/t13-,16-/m1/s1. The quantitative estimate of drug-likeness (QED) is 0.576. The molecule has 0 heterocycles. The zero-order chi connectivity index (χ0) is 22.4. The Morgan fingerprint density at radius 1 is 1.03 bits per heavy atom. The summed E-state index contributed by atoms with van der Waals surface area (Å²) in [7, 11) is 0. The number of amides is 3. The number of carbonyl (C=O) groups excluding carboxylic acids is 3. The first kappa shape index (κ1) is 24.5. The molecule has 162 valence electrons. The molecule has 0 aromatic heterocycles. The lowest BCUT2D eigenvalue weighted by atomic mass is 9.85. The minimum Gasteiger partial charge on any atom is -0.370 e. The van der Waals surface area contributed by atoms with Crippen LogP contribution < -0.4 is 16.8 Å². The normalized spacial score (nSPS) is 14.1. The molecule has 0 saturated carbocycles. The second kappa shape index (κ2) is 9.76. The van der Waals surface area contributed by atoms with Crippen molar-refractivity contribution in [3.8, 4) is 0 Å². The molecule has 0 radical (unpaired) electrons. The zero-order valence-corrected chi connectivity index (χ0v) is 16.8. The topological polar surface area (TPSA) is 115 Å². The second-order valence-corrected chi connectivity index (χ2v) is 8.16. The number of hydrogen-bond acceptors (Lipinski definition) is 3. The molecule has 0 fully saturated rings. The Morgan fingerprint density at radius 3 is 2.00 bits per heavy atom. The Labute approximate surface area is 168 Å². The lowest BCUT2D eigenvalue weighted by Gasteiger charge is -2.30. The summed E-state index contributed by atoms with van der Waals surface area (Å²) < 4.78 is 37.8. The van der Waals surface area contributed by atoms with Crippen LogP contribution in [0.25, 0.3) is 0 Å². The van der Waals surface area contributed by atoms with Crippen molar-refractivity contribution in [1.82, 2.24) is 5.32 Å². The molecule has 0 spiro atoms. The fourth-order valence-electron chi connectivity index (χ4n) is 2.96. The Bertz CT molecular complexity index is 725. The maximum atomic E-state index is 12.6. The Morgan fingerprint density at radius 2 is 1.59 bits per heavy atom. The smallest absolute Gasteiger partial charge is 0.370 e. The van der Waals surface area contributed by atoms with Gasteiger partial charge in [0, 0.05) is 12.3 Å². The molecular weight excluding hydrogens is 387 g/mol. The summed E-state index contributed by atoms with van der Waals surface area (Å²) in [6.45, 7) is 5.24. The van der Waals surface area contributed by atoms with Gasteiger partial charge in [-0.1, -0.05) is 32.9 Å². The highest BCUT2D eigenvalue weighted by atomic mass is 19.4. The van der Waals surface area contributed by atoms with E-state index < -0.39 is 46.8 Å². The lowest BCUT2D eigenvalue weighted by molar-refractivity contribution is -0.137. The van der Waals surface area contributed by atoms with Gasteiger partial charge in [0.05, 0.1) is 5.56 Å². The van der Waals surface area contributed by atoms with Crippen LogP contribution in [0.1, 0.15) is 51.2 Å². The molecular formula is C20H28F3N3O3. The molecule has 0 aliphatic rings. The number of halogens is 3. The van der Waals surface area contributed by atoms with Crippen LogP contribution in [0.5, 0.6) is 0 Å². The second-order valence-electron chi connectivity index (χ2n) is 8.16. The number of hydrogen-bond donors (Lipinski definition) is 3. The summed E-state index contributed by atoms with van der Waals surface area (Å²) in [5, 5.41) is 2.59. The number of aryl methyl sites for hydroxylation is 1. The van der Waals surface area contributed by atoms with E-state index in [-0.39, 0.29) is 12.8 Å². The first-order valence-electron chi connectivity index (χ1n) is 9.26. The van der Waals surface area contributed by atoms with E-state index in [0.717, 1.165) is 12.1 Å². The zero-order valence-electron chi connectivity index (χ0n) is 16.8. The van der Waals surface area contributed by atoms with Crippen molar-refractivity contribution in [2.24, 2.45) is 22.8 Å². The molecule has 0 bridgehead atoms. The Hall–Kier alpha value is -2.58. The molecule has 0 aliphatic carbocycles. The van der Waals surface area contributed by atoms with Crippen molar-refractivity contribution >= 4 is 17.7 Å². The van der Waals surface area contributed by atoms with Gasteiger partial charge in [0.15, 0.2) is 0 Å². The van der Waals surface area contributed by atoms with E-state index in [2.05, 4.69) is 5.32 Å².